The van der Waals surface area contributed by atoms with Gasteiger partial charge in [0.15, 0.2) is 0 Å². The van der Waals surface area contributed by atoms with Gasteiger partial charge in [-0.1, -0.05) is 149 Å². The van der Waals surface area contributed by atoms with Crippen LogP contribution in [-0.4, -0.2) is 0 Å². The van der Waals surface area contributed by atoms with E-state index in [2.05, 4.69) is 209 Å². The van der Waals surface area contributed by atoms with Gasteiger partial charge >= 0.3 is 0 Å². The quantitative estimate of drug-likeness (QED) is 0.176. The number of furan rings is 1. The van der Waals surface area contributed by atoms with Gasteiger partial charge in [0, 0.05) is 27.6 Å². The fraction of sp³-hybridized carbons (Fsp3) is 0.111. The zero-order valence-electron chi connectivity index (χ0n) is 32.1. The molecule has 1 aromatic heterocycles. The molecule has 2 nitrogen and oxygen atoms in total. The van der Waals surface area contributed by atoms with Gasteiger partial charge in [-0.05, 0) is 121 Å². The summed E-state index contributed by atoms with van der Waals surface area (Å²) >= 11 is 0. The first kappa shape index (κ1) is 32.8. The first-order valence-electron chi connectivity index (χ1n) is 19.7. The minimum absolute atomic E-state index is 0.0470. The van der Waals surface area contributed by atoms with Crippen LogP contribution in [0.1, 0.15) is 49.9 Å². The van der Waals surface area contributed by atoms with Crippen LogP contribution in [0.3, 0.4) is 0 Å². The largest absolute Gasteiger partial charge is 0.456 e. The summed E-state index contributed by atoms with van der Waals surface area (Å²) in [6.07, 6.45) is 0. The lowest BCUT2D eigenvalue weighted by Gasteiger charge is -2.27. The maximum Gasteiger partial charge on any atom is 0.137 e. The van der Waals surface area contributed by atoms with E-state index in [9.17, 15) is 0 Å². The Bertz CT molecular complexity index is 3000. The molecular formula is C54H41NO. The van der Waals surface area contributed by atoms with Crippen LogP contribution in [0.15, 0.2) is 180 Å². The molecule has 56 heavy (non-hydrogen) atoms. The van der Waals surface area contributed by atoms with Crippen LogP contribution < -0.4 is 4.90 Å². The van der Waals surface area contributed by atoms with Crippen LogP contribution in [0.25, 0.3) is 66.4 Å². The van der Waals surface area contributed by atoms with Crippen LogP contribution in [0.4, 0.5) is 17.1 Å². The lowest BCUT2D eigenvalue weighted by Crippen LogP contribution is -2.14. The molecule has 2 aliphatic carbocycles. The Kier molecular flexibility index (Phi) is 6.98. The van der Waals surface area contributed by atoms with Gasteiger partial charge in [-0.25, -0.2) is 0 Å². The standard InChI is InChI=1S/C54H41NO/c1-53(2)45-17-10-8-15-40(45)42-30-25-37(31-47(42)53)36-23-28-39(29-24-36)55(38-26-21-35(22-27-38)34-13-6-5-7-14-34)49-19-12-20-50-52(49)44-32-43-41-16-9-11-18-46(41)54(3,4)48(43)33-51(44)56-50/h5-33H,1-4H3. The summed E-state index contributed by atoms with van der Waals surface area (Å²) in [6, 6.07) is 64.5. The minimum Gasteiger partial charge on any atom is -0.456 e. The van der Waals surface area contributed by atoms with E-state index in [0.717, 1.165) is 39.0 Å². The summed E-state index contributed by atoms with van der Waals surface area (Å²) in [5.41, 5.74) is 20.5. The molecule has 0 radical (unpaired) electrons. The Hall–Kier alpha value is -6.64. The maximum atomic E-state index is 6.74. The fourth-order valence-electron chi connectivity index (χ4n) is 9.74. The molecule has 0 N–H and O–H groups in total. The average Bonchev–Trinajstić information content (AvgIpc) is 3.80. The van der Waals surface area contributed by atoms with E-state index in [1.54, 1.807) is 0 Å². The van der Waals surface area contributed by atoms with Gasteiger partial charge in [0.25, 0.3) is 0 Å². The Morgan fingerprint density at radius 1 is 0.375 bits per heavy atom. The molecule has 0 spiro atoms. The van der Waals surface area contributed by atoms with Crippen molar-refractivity contribution in [3.63, 3.8) is 0 Å². The third-order valence-corrected chi connectivity index (χ3v) is 12.7. The monoisotopic (exact) mass is 719 g/mol. The molecule has 0 saturated heterocycles. The first-order chi connectivity index (χ1) is 27.3. The first-order valence-corrected chi connectivity index (χ1v) is 19.7. The molecule has 0 fully saturated rings. The number of fused-ring (bicyclic) bond motifs is 9. The second-order valence-electron chi connectivity index (χ2n) is 16.5. The number of hydrogen-bond acceptors (Lipinski definition) is 2. The molecular weight excluding hydrogens is 679 g/mol. The lowest BCUT2D eigenvalue weighted by molar-refractivity contribution is 0.647. The van der Waals surface area contributed by atoms with Gasteiger partial charge < -0.3 is 9.32 Å². The molecule has 8 aromatic carbocycles. The van der Waals surface area contributed by atoms with E-state index in [1.165, 1.54) is 66.8 Å². The van der Waals surface area contributed by atoms with Crippen molar-refractivity contribution in [3.8, 4) is 44.5 Å². The van der Waals surface area contributed by atoms with Crippen molar-refractivity contribution in [3.05, 3.63) is 198 Å². The molecule has 1 heterocycles. The third kappa shape index (κ3) is 4.75. The van der Waals surface area contributed by atoms with Gasteiger partial charge in [-0.2, -0.15) is 0 Å². The lowest BCUT2D eigenvalue weighted by atomic mass is 9.81. The van der Waals surface area contributed by atoms with Crippen molar-refractivity contribution in [1.82, 2.24) is 0 Å². The summed E-state index contributed by atoms with van der Waals surface area (Å²) in [5, 5.41) is 2.25. The molecule has 9 aromatic rings. The number of nitrogens with zero attached hydrogens (tertiary/aromatic N) is 1. The molecule has 0 unspecified atom stereocenters. The van der Waals surface area contributed by atoms with Crippen LogP contribution in [-0.2, 0) is 10.8 Å². The van der Waals surface area contributed by atoms with Crippen molar-refractivity contribution in [1.29, 1.82) is 0 Å². The number of rotatable bonds is 5. The third-order valence-electron chi connectivity index (χ3n) is 12.7. The van der Waals surface area contributed by atoms with Gasteiger partial charge in [0.2, 0.25) is 0 Å². The van der Waals surface area contributed by atoms with E-state index < -0.39 is 0 Å². The summed E-state index contributed by atoms with van der Waals surface area (Å²) in [6.45, 7) is 9.34. The highest BCUT2D eigenvalue weighted by Crippen LogP contribution is 2.53. The van der Waals surface area contributed by atoms with Gasteiger partial charge in [-0.3, -0.25) is 0 Å². The smallest absolute Gasteiger partial charge is 0.137 e. The second kappa shape index (κ2) is 11.9. The molecule has 0 saturated carbocycles. The van der Waals surface area contributed by atoms with E-state index in [-0.39, 0.29) is 10.8 Å². The zero-order chi connectivity index (χ0) is 37.8. The van der Waals surface area contributed by atoms with Gasteiger partial charge in [-0.15, -0.1) is 0 Å². The summed E-state index contributed by atoms with van der Waals surface area (Å²) in [5.74, 6) is 0. The molecule has 0 aliphatic heterocycles. The van der Waals surface area contributed by atoms with Crippen LogP contribution in [0, 0.1) is 0 Å². The molecule has 0 bridgehead atoms. The Morgan fingerprint density at radius 3 is 1.55 bits per heavy atom. The van der Waals surface area contributed by atoms with E-state index >= 15 is 0 Å². The van der Waals surface area contributed by atoms with Crippen molar-refractivity contribution < 1.29 is 4.42 Å². The van der Waals surface area contributed by atoms with Crippen molar-refractivity contribution >= 4 is 39.0 Å². The van der Waals surface area contributed by atoms with Crippen LogP contribution >= 0.6 is 0 Å². The van der Waals surface area contributed by atoms with Gasteiger partial charge in [0.05, 0.1) is 11.1 Å². The van der Waals surface area contributed by atoms with Crippen molar-refractivity contribution in [2.75, 3.05) is 4.90 Å². The SMILES string of the molecule is CC1(C)c2ccccc2-c2ccc(-c3ccc(N(c4ccc(-c5ccccc5)cc4)c4cccc5oc6cc7c(cc6c45)-c4ccccc4C7(C)C)cc3)cc21. The summed E-state index contributed by atoms with van der Waals surface area (Å²) in [4.78, 5) is 2.39. The maximum absolute atomic E-state index is 6.74. The summed E-state index contributed by atoms with van der Waals surface area (Å²) < 4.78 is 6.74. The van der Waals surface area contributed by atoms with Crippen LogP contribution in [0.2, 0.25) is 0 Å². The van der Waals surface area contributed by atoms with E-state index in [1.807, 2.05) is 0 Å². The van der Waals surface area contributed by atoms with Crippen molar-refractivity contribution in [2.24, 2.45) is 0 Å². The van der Waals surface area contributed by atoms with Crippen molar-refractivity contribution in [2.45, 2.75) is 38.5 Å². The van der Waals surface area contributed by atoms with E-state index in [0.29, 0.717) is 0 Å². The number of hydrogen-bond donors (Lipinski definition) is 0. The predicted molar refractivity (Wildman–Crippen MR) is 234 cm³/mol. The molecule has 2 heteroatoms. The topological polar surface area (TPSA) is 16.4 Å². The summed E-state index contributed by atoms with van der Waals surface area (Å²) in [7, 11) is 0. The molecule has 0 amide bonds. The molecule has 0 atom stereocenters. The predicted octanol–water partition coefficient (Wildman–Crippen LogP) is 15.0. The number of anilines is 3. The minimum atomic E-state index is -0.102. The van der Waals surface area contributed by atoms with Crippen LogP contribution in [0.5, 0.6) is 0 Å². The molecule has 268 valence electrons. The highest BCUT2D eigenvalue weighted by molar-refractivity contribution is 6.15. The Labute approximate surface area is 328 Å². The Balaban J connectivity index is 1.06. The molecule has 2 aliphatic rings. The highest BCUT2D eigenvalue weighted by atomic mass is 16.3. The fourth-order valence-corrected chi connectivity index (χ4v) is 9.74. The van der Waals surface area contributed by atoms with Gasteiger partial charge in [0.1, 0.15) is 11.2 Å². The Morgan fingerprint density at radius 2 is 0.893 bits per heavy atom. The zero-order valence-corrected chi connectivity index (χ0v) is 32.1. The average molecular weight is 720 g/mol. The molecule has 11 rings (SSSR count). The highest BCUT2D eigenvalue weighted by Gasteiger charge is 2.37. The normalized spacial score (nSPS) is 14.4. The second-order valence-corrected chi connectivity index (χ2v) is 16.5. The van der Waals surface area contributed by atoms with E-state index in [4.69, 9.17) is 4.42 Å². The number of benzene rings is 8.